The number of anilines is 1. The molecule has 2 rings (SSSR count). The Morgan fingerprint density at radius 3 is 3.45 bits per heavy atom. The third-order valence-electron chi connectivity index (χ3n) is 1.82. The number of nitrogens with zero attached hydrogens (tertiary/aromatic N) is 1. The van der Waals surface area contributed by atoms with Crippen molar-refractivity contribution in [1.82, 2.24) is 4.98 Å². The van der Waals surface area contributed by atoms with Crippen LogP contribution >= 0.6 is 0 Å². The Morgan fingerprint density at radius 1 is 1.64 bits per heavy atom. The van der Waals surface area contributed by atoms with E-state index in [0.29, 0.717) is 12.3 Å². The SMILES string of the molecule is Nc1cnc2c(c1)COCC2.[HH]. The van der Waals surface area contributed by atoms with Gasteiger partial charge in [-0.2, -0.15) is 0 Å². The lowest BCUT2D eigenvalue weighted by atomic mass is 10.1. The van der Waals surface area contributed by atoms with Crippen molar-refractivity contribution in [3.63, 3.8) is 0 Å². The first-order valence-electron chi connectivity index (χ1n) is 3.67. The van der Waals surface area contributed by atoms with Crippen molar-refractivity contribution in [2.75, 3.05) is 12.3 Å². The zero-order valence-corrected chi connectivity index (χ0v) is 6.21. The topological polar surface area (TPSA) is 48.1 Å². The van der Waals surface area contributed by atoms with Crippen LogP contribution in [-0.4, -0.2) is 11.6 Å². The van der Waals surface area contributed by atoms with Gasteiger partial charge in [-0.3, -0.25) is 4.98 Å². The number of hydrogen-bond acceptors (Lipinski definition) is 3. The van der Waals surface area contributed by atoms with Gasteiger partial charge in [0, 0.05) is 19.1 Å². The minimum Gasteiger partial charge on any atom is -0.397 e. The second-order valence-corrected chi connectivity index (χ2v) is 2.68. The van der Waals surface area contributed by atoms with Crippen LogP contribution < -0.4 is 5.73 Å². The first-order valence-corrected chi connectivity index (χ1v) is 3.67. The molecular formula is C8H12N2O. The molecule has 0 radical (unpaired) electrons. The van der Waals surface area contributed by atoms with Crippen molar-refractivity contribution in [3.05, 3.63) is 23.5 Å². The molecule has 0 aliphatic carbocycles. The number of pyridine rings is 1. The highest BCUT2D eigenvalue weighted by Gasteiger charge is 2.09. The number of nitrogen functional groups attached to an aromatic ring is 1. The summed E-state index contributed by atoms with van der Waals surface area (Å²) in [4.78, 5) is 4.21. The molecule has 0 fully saturated rings. The minimum absolute atomic E-state index is 0. The predicted molar refractivity (Wildman–Crippen MR) is 44.1 cm³/mol. The monoisotopic (exact) mass is 152 g/mol. The number of fused-ring (bicyclic) bond motifs is 1. The van der Waals surface area contributed by atoms with E-state index >= 15 is 0 Å². The van der Waals surface area contributed by atoms with Gasteiger partial charge in [0.05, 0.1) is 25.1 Å². The molecule has 11 heavy (non-hydrogen) atoms. The lowest BCUT2D eigenvalue weighted by Crippen LogP contribution is -2.11. The smallest absolute Gasteiger partial charge is 0.0735 e. The number of aromatic nitrogens is 1. The normalized spacial score (nSPS) is 16.0. The van der Waals surface area contributed by atoms with Gasteiger partial charge in [0.2, 0.25) is 0 Å². The molecule has 0 bridgehead atoms. The van der Waals surface area contributed by atoms with Crippen LogP contribution in [0.1, 0.15) is 12.7 Å². The van der Waals surface area contributed by atoms with Crippen molar-refractivity contribution >= 4 is 5.69 Å². The molecule has 3 heteroatoms. The highest BCUT2D eigenvalue weighted by Crippen LogP contribution is 2.16. The zero-order chi connectivity index (χ0) is 7.68. The van der Waals surface area contributed by atoms with Gasteiger partial charge < -0.3 is 10.5 Å². The van der Waals surface area contributed by atoms with Crippen molar-refractivity contribution in [2.24, 2.45) is 0 Å². The highest BCUT2D eigenvalue weighted by atomic mass is 16.5. The van der Waals surface area contributed by atoms with Crippen LogP contribution in [0.25, 0.3) is 0 Å². The van der Waals surface area contributed by atoms with E-state index in [0.717, 1.165) is 24.3 Å². The third-order valence-corrected chi connectivity index (χ3v) is 1.82. The molecule has 1 aliphatic heterocycles. The molecule has 0 atom stereocenters. The molecule has 0 saturated carbocycles. The lowest BCUT2D eigenvalue weighted by Gasteiger charge is -2.14. The molecule has 3 nitrogen and oxygen atoms in total. The van der Waals surface area contributed by atoms with Gasteiger partial charge in [0.15, 0.2) is 0 Å². The maximum absolute atomic E-state index is 5.56. The maximum Gasteiger partial charge on any atom is 0.0735 e. The fourth-order valence-electron chi connectivity index (χ4n) is 1.26. The van der Waals surface area contributed by atoms with Gasteiger partial charge in [-0.15, -0.1) is 0 Å². The van der Waals surface area contributed by atoms with E-state index in [-0.39, 0.29) is 1.43 Å². The molecule has 0 amide bonds. The molecule has 0 saturated heterocycles. The molecule has 1 aromatic rings. The Labute approximate surface area is 66.7 Å². The summed E-state index contributed by atoms with van der Waals surface area (Å²) in [5, 5.41) is 0. The van der Waals surface area contributed by atoms with Gasteiger partial charge in [0.1, 0.15) is 0 Å². The Balaban J connectivity index is 0.000000720. The van der Waals surface area contributed by atoms with Crippen LogP contribution in [0.3, 0.4) is 0 Å². The Bertz CT molecular complexity index is 278. The average molecular weight is 152 g/mol. The summed E-state index contributed by atoms with van der Waals surface area (Å²) in [6.07, 6.45) is 2.61. The Hall–Kier alpha value is -1.09. The predicted octanol–water partition coefficient (Wildman–Crippen LogP) is 0.983. The third kappa shape index (κ3) is 1.19. The molecule has 1 aliphatic rings. The van der Waals surface area contributed by atoms with Crippen molar-refractivity contribution in [2.45, 2.75) is 13.0 Å². The number of hydrogen-bond donors (Lipinski definition) is 1. The first-order chi connectivity index (χ1) is 5.36. The summed E-state index contributed by atoms with van der Waals surface area (Å²) in [5.74, 6) is 0. The van der Waals surface area contributed by atoms with Crippen LogP contribution in [0, 0.1) is 0 Å². The molecule has 1 aromatic heterocycles. The summed E-state index contributed by atoms with van der Waals surface area (Å²) in [6, 6.07) is 1.93. The van der Waals surface area contributed by atoms with Gasteiger partial charge in [-0.25, -0.2) is 0 Å². The zero-order valence-electron chi connectivity index (χ0n) is 6.21. The molecule has 2 heterocycles. The largest absolute Gasteiger partial charge is 0.397 e. The minimum atomic E-state index is 0. The van der Waals surface area contributed by atoms with Crippen molar-refractivity contribution in [3.8, 4) is 0 Å². The lowest BCUT2D eigenvalue weighted by molar-refractivity contribution is 0.109. The van der Waals surface area contributed by atoms with Gasteiger partial charge in [0.25, 0.3) is 0 Å². The Kier molecular flexibility index (Phi) is 1.51. The van der Waals surface area contributed by atoms with Crippen LogP contribution in [-0.2, 0) is 17.8 Å². The molecule has 0 aromatic carbocycles. The second-order valence-electron chi connectivity index (χ2n) is 2.68. The van der Waals surface area contributed by atoms with E-state index in [1.165, 1.54) is 0 Å². The van der Waals surface area contributed by atoms with Crippen LogP contribution in [0.15, 0.2) is 12.3 Å². The van der Waals surface area contributed by atoms with E-state index in [4.69, 9.17) is 10.5 Å². The van der Waals surface area contributed by atoms with Gasteiger partial charge >= 0.3 is 0 Å². The van der Waals surface area contributed by atoms with Crippen LogP contribution in [0.2, 0.25) is 0 Å². The maximum atomic E-state index is 5.56. The van der Waals surface area contributed by atoms with Gasteiger partial charge in [-0.1, -0.05) is 0 Å². The number of rotatable bonds is 0. The van der Waals surface area contributed by atoms with Gasteiger partial charge in [-0.05, 0) is 6.07 Å². The second kappa shape index (κ2) is 2.51. The highest BCUT2D eigenvalue weighted by molar-refractivity contribution is 5.40. The molecule has 2 N–H and O–H groups in total. The molecule has 0 unspecified atom stereocenters. The summed E-state index contributed by atoms with van der Waals surface area (Å²) >= 11 is 0. The average Bonchev–Trinajstić information content (AvgIpc) is 2.04. The fraction of sp³-hybridized carbons (Fsp3) is 0.375. The molecular weight excluding hydrogens is 140 g/mol. The van der Waals surface area contributed by atoms with Crippen molar-refractivity contribution < 1.29 is 6.16 Å². The van der Waals surface area contributed by atoms with E-state index in [2.05, 4.69) is 4.98 Å². The van der Waals surface area contributed by atoms with Crippen LogP contribution in [0.4, 0.5) is 5.69 Å². The van der Waals surface area contributed by atoms with E-state index in [9.17, 15) is 0 Å². The quantitative estimate of drug-likeness (QED) is 0.603. The van der Waals surface area contributed by atoms with Crippen molar-refractivity contribution in [1.29, 1.82) is 0 Å². The van der Waals surface area contributed by atoms with E-state index in [1.54, 1.807) is 6.20 Å². The number of ether oxygens (including phenoxy) is 1. The standard InChI is InChI=1S/C8H10N2O.H2/c9-7-3-6-5-11-2-1-8(6)10-4-7;/h3-4H,1-2,5,9H2;1H. The summed E-state index contributed by atoms with van der Waals surface area (Å²) in [7, 11) is 0. The molecule has 60 valence electrons. The first kappa shape index (κ1) is 6.61. The Morgan fingerprint density at radius 2 is 2.55 bits per heavy atom. The summed E-state index contributed by atoms with van der Waals surface area (Å²) in [6.45, 7) is 1.44. The summed E-state index contributed by atoms with van der Waals surface area (Å²) in [5.41, 5.74) is 8.55. The summed E-state index contributed by atoms with van der Waals surface area (Å²) < 4.78 is 5.26. The van der Waals surface area contributed by atoms with Crippen LogP contribution in [0.5, 0.6) is 0 Å². The fourth-order valence-corrected chi connectivity index (χ4v) is 1.26. The molecule has 0 spiro atoms. The van der Waals surface area contributed by atoms with E-state index in [1.807, 2.05) is 6.07 Å². The number of nitrogens with two attached hydrogens (primary N) is 1. The van der Waals surface area contributed by atoms with E-state index < -0.39 is 0 Å².